The van der Waals surface area contributed by atoms with Crippen LogP contribution in [-0.4, -0.2) is 36.8 Å². The Bertz CT molecular complexity index is 627. The van der Waals surface area contributed by atoms with E-state index in [-0.39, 0.29) is 10.9 Å². The van der Waals surface area contributed by atoms with Crippen LogP contribution in [0.15, 0.2) is 17.2 Å². The molecule has 7 heteroatoms. The van der Waals surface area contributed by atoms with Crippen molar-refractivity contribution in [2.75, 3.05) is 18.4 Å². The number of nitrogens with one attached hydrogen (secondary N) is 1. The second-order valence-electron chi connectivity index (χ2n) is 5.78. The number of rotatable bonds is 7. The van der Waals surface area contributed by atoms with Crippen LogP contribution in [-0.2, 0) is 10.0 Å². The lowest BCUT2D eigenvalue weighted by atomic mass is 10.4. The molecule has 1 N–H and O–H groups in total. The Morgan fingerprint density at radius 1 is 1.38 bits per heavy atom. The topological polar surface area (TPSA) is 62.3 Å². The fourth-order valence-electron chi connectivity index (χ4n) is 2.36. The van der Waals surface area contributed by atoms with E-state index in [0.29, 0.717) is 29.8 Å². The van der Waals surface area contributed by atoms with Crippen LogP contribution in [0.2, 0.25) is 5.02 Å². The average Bonchev–Trinajstić information content (AvgIpc) is 3.32. The maximum Gasteiger partial charge on any atom is 0.244 e. The first-order valence-corrected chi connectivity index (χ1v) is 9.25. The Morgan fingerprint density at radius 3 is 2.62 bits per heavy atom. The van der Waals surface area contributed by atoms with E-state index in [0.717, 1.165) is 25.7 Å². The predicted molar refractivity (Wildman–Crippen MR) is 83.0 cm³/mol. The highest BCUT2D eigenvalue weighted by atomic mass is 35.5. The summed E-state index contributed by atoms with van der Waals surface area (Å²) in [5.74, 6) is 1.06. The van der Waals surface area contributed by atoms with Gasteiger partial charge in [0.2, 0.25) is 10.0 Å². The minimum atomic E-state index is -3.49. The number of anilines is 1. The van der Waals surface area contributed by atoms with Gasteiger partial charge in [0.25, 0.3) is 0 Å². The molecule has 0 aliphatic heterocycles. The van der Waals surface area contributed by atoms with Gasteiger partial charge in [0.1, 0.15) is 10.7 Å². The van der Waals surface area contributed by atoms with Gasteiger partial charge in [-0.25, -0.2) is 13.4 Å². The van der Waals surface area contributed by atoms with E-state index in [1.807, 2.05) is 6.92 Å². The molecule has 2 aliphatic rings. The van der Waals surface area contributed by atoms with E-state index in [4.69, 9.17) is 11.6 Å². The van der Waals surface area contributed by atoms with Crippen LogP contribution in [0.1, 0.15) is 32.6 Å². The normalized spacial score (nSPS) is 19.0. The molecule has 1 aromatic heterocycles. The van der Waals surface area contributed by atoms with Crippen LogP contribution in [0.3, 0.4) is 0 Å². The number of nitrogens with zero attached hydrogens (tertiary/aromatic N) is 2. The average molecular weight is 330 g/mol. The first kappa shape index (κ1) is 15.1. The zero-order valence-electron chi connectivity index (χ0n) is 12.0. The van der Waals surface area contributed by atoms with Gasteiger partial charge in [0, 0.05) is 25.3 Å². The van der Waals surface area contributed by atoms with Gasteiger partial charge in [0.05, 0.1) is 5.02 Å². The van der Waals surface area contributed by atoms with E-state index >= 15 is 0 Å². The Kier molecular flexibility index (Phi) is 4.12. The van der Waals surface area contributed by atoms with Crippen LogP contribution < -0.4 is 5.32 Å². The molecular weight excluding hydrogens is 310 g/mol. The van der Waals surface area contributed by atoms with Crippen molar-refractivity contribution in [3.63, 3.8) is 0 Å². The minimum absolute atomic E-state index is 0.169. The summed E-state index contributed by atoms with van der Waals surface area (Å²) >= 11 is 6.12. The highest BCUT2D eigenvalue weighted by Gasteiger charge is 2.41. The Labute approximate surface area is 130 Å². The second kappa shape index (κ2) is 5.74. The zero-order chi connectivity index (χ0) is 15.0. The third kappa shape index (κ3) is 3.33. The third-order valence-corrected chi connectivity index (χ3v) is 6.03. The van der Waals surface area contributed by atoms with E-state index in [9.17, 15) is 8.42 Å². The van der Waals surface area contributed by atoms with Gasteiger partial charge in [0.15, 0.2) is 0 Å². The van der Waals surface area contributed by atoms with Gasteiger partial charge in [-0.3, -0.25) is 0 Å². The molecule has 116 valence electrons. The summed E-state index contributed by atoms with van der Waals surface area (Å²) in [7, 11) is -3.49. The van der Waals surface area contributed by atoms with Crippen LogP contribution >= 0.6 is 11.6 Å². The molecule has 0 unspecified atom stereocenters. The summed E-state index contributed by atoms with van der Waals surface area (Å²) in [6.07, 6.45) is 5.60. The predicted octanol–water partition coefficient (Wildman–Crippen LogP) is 2.73. The molecule has 0 aromatic carbocycles. The molecule has 0 radical (unpaired) electrons. The Hall–Kier alpha value is -0.850. The SMILES string of the molecule is CCNc1ncc(S(=O)(=O)N(CC2CC2)C2CC2)cc1Cl. The van der Waals surface area contributed by atoms with Crippen LogP contribution in [0.5, 0.6) is 0 Å². The van der Waals surface area contributed by atoms with Crippen molar-refractivity contribution in [1.29, 1.82) is 0 Å². The van der Waals surface area contributed by atoms with Crippen molar-refractivity contribution in [3.05, 3.63) is 17.3 Å². The monoisotopic (exact) mass is 329 g/mol. The molecule has 3 rings (SSSR count). The van der Waals surface area contributed by atoms with Gasteiger partial charge in [-0.05, 0) is 44.6 Å². The van der Waals surface area contributed by atoms with Crippen molar-refractivity contribution >= 4 is 27.4 Å². The number of halogens is 1. The van der Waals surface area contributed by atoms with E-state index in [2.05, 4.69) is 10.3 Å². The van der Waals surface area contributed by atoms with Gasteiger partial charge < -0.3 is 5.32 Å². The molecule has 21 heavy (non-hydrogen) atoms. The van der Waals surface area contributed by atoms with Crippen molar-refractivity contribution < 1.29 is 8.42 Å². The molecule has 0 saturated heterocycles. The van der Waals surface area contributed by atoms with E-state index in [1.54, 1.807) is 4.31 Å². The standard InChI is InChI=1S/C14H20ClN3O2S/c1-2-16-14-13(15)7-12(8-17-14)21(19,20)18(11-5-6-11)9-10-3-4-10/h7-8,10-11H,2-6,9H2,1H3,(H,16,17). The zero-order valence-corrected chi connectivity index (χ0v) is 13.6. The lowest BCUT2D eigenvalue weighted by molar-refractivity contribution is 0.388. The van der Waals surface area contributed by atoms with E-state index < -0.39 is 10.0 Å². The molecule has 1 heterocycles. The lowest BCUT2D eigenvalue weighted by Crippen LogP contribution is -2.35. The number of sulfonamides is 1. The van der Waals surface area contributed by atoms with Crippen molar-refractivity contribution in [2.24, 2.45) is 5.92 Å². The molecule has 2 fully saturated rings. The number of hydrogen-bond acceptors (Lipinski definition) is 4. The van der Waals surface area contributed by atoms with Gasteiger partial charge in [-0.1, -0.05) is 11.6 Å². The third-order valence-electron chi connectivity index (χ3n) is 3.86. The maximum atomic E-state index is 12.8. The summed E-state index contributed by atoms with van der Waals surface area (Å²) in [6, 6.07) is 1.67. The summed E-state index contributed by atoms with van der Waals surface area (Å²) in [6.45, 7) is 3.27. The molecule has 0 spiro atoms. The smallest absolute Gasteiger partial charge is 0.244 e. The molecule has 0 amide bonds. The van der Waals surface area contributed by atoms with Gasteiger partial charge >= 0.3 is 0 Å². The van der Waals surface area contributed by atoms with E-state index in [1.165, 1.54) is 12.3 Å². The second-order valence-corrected chi connectivity index (χ2v) is 8.08. The highest BCUT2D eigenvalue weighted by molar-refractivity contribution is 7.89. The van der Waals surface area contributed by atoms with Crippen molar-refractivity contribution in [2.45, 2.75) is 43.5 Å². The molecule has 2 aliphatic carbocycles. The van der Waals surface area contributed by atoms with Crippen LogP contribution in [0.4, 0.5) is 5.82 Å². The Morgan fingerprint density at radius 2 is 2.10 bits per heavy atom. The Balaban J connectivity index is 1.87. The van der Waals surface area contributed by atoms with Gasteiger partial charge in [-0.15, -0.1) is 0 Å². The molecule has 5 nitrogen and oxygen atoms in total. The quantitative estimate of drug-likeness (QED) is 0.835. The van der Waals surface area contributed by atoms with Crippen LogP contribution in [0, 0.1) is 5.92 Å². The molecular formula is C14H20ClN3O2S. The maximum absolute atomic E-state index is 12.8. The number of aromatic nitrogens is 1. The molecule has 2 saturated carbocycles. The first-order valence-electron chi connectivity index (χ1n) is 7.43. The van der Waals surface area contributed by atoms with Crippen molar-refractivity contribution in [1.82, 2.24) is 9.29 Å². The summed E-state index contributed by atoms with van der Waals surface area (Å²) in [4.78, 5) is 4.34. The fourth-order valence-corrected chi connectivity index (χ4v) is 4.39. The van der Waals surface area contributed by atoms with Gasteiger partial charge in [-0.2, -0.15) is 4.31 Å². The summed E-state index contributed by atoms with van der Waals surface area (Å²) in [5.41, 5.74) is 0. The highest BCUT2D eigenvalue weighted by Crippen LogP contribution is 2.38. The largest absolute Gasteiger partial charge is 0.369 e. The lowest BCUT2D eigenvalue weighted by Gasteiger charge is -2.22. The molecule has 0 bridgehead atoms. The summed E-state index contributed by atoms with van der Waals surface area (Å²) < 4.78 is 27.3. The van der Waals surface area contributed by atoms with Crippen molar-refractivity contribution in [3.8, 4) is 0 Å². The number of hydrogen-bond donors (Lipinski definition) is 1. The minimum Gasteiger partial charge on any atom is -0.369 e. The molecule has 1 aromatic rings. The fraction of sp³-hybridized carbons (Fsp3) is 0.643. The number of pyridine rings is 1. The van der Waals surface area contributed by atoms with Crippen LogP contribution in [0.25, 0.3) is 0 Å². The molecule has 0 atom stereocenters. The summed E-state index contributed by atoms with van der Waals surface area (Å²) in [5, 5.41) is 3.36. The first-order chi connectivity index (χ1) is 10.0.